The number of rotatable bonds is 2. The zero-order valence-corrected chi connectivity index (χ0v) is 13.0. The van der Waals surface area contributed by atoms with Crippen LogP contribution in [0.1, 0.15) is 22.3 Å². The first-order valence-corrected chi connectivity index (χ1v) is 7.17. The molecule has 0 atom stereocenters. The Balaban J connectivity index is 2.10. The average Bonchev–Trinajstić information content (AvgIpc) is 2.71. The van der Waals surface area contributed by atoms with Crippen molar-refractivity contribution in [1.82, 2.24) is 14.5 Å². The van der Waals surface area contributed by atoms with E-state index in [9.17, 15) is 4.39 Å². The van der Waals surface area contributed by atoms with Crippen molar-refractivity contribution in [3.05, 3.63) is 57.2 Å². The number of nitrogens with one attached hydrogen (secondary N) is 1. The van der Waals surface area contributed by atoms with Crippen molar-refractivity contribution < 1.29 is 4.39 Å². The molecule has 0 unspecified atom stereocenters. The van der Waals surface area contributed by atoms with Crippen LogP contribution < -0.4 is 0 Å². The molecule has 0 radical (unpaired) electrons. The zero-order valence-electron chi connectivity index (χ0n) is 12.2. The summed E-state index contributed by atoms with van der Waals surface area (Å²) < 4.78 is 16.3. The smallest absolute Gasteiger partial charge is 0.179 e. The second-order valence-electron chi connectivity index (χ2n) is 5.44. The monoisotopic (exact) mass is 301 g/mol. The number of hydrogen-bond donors (Lipinski definition) is 1. The minimum atomic E-state index is -0.143. The summed E-state index contributed by atoms with van der Waals surface area (Å²) in [5.41, 5.74) is 5.16. The van der Waals surface area contributed by atoms with Crippen LogP contribution in [0, 0.1) is 31.4 Å². The van der Waals surface area contributed by atoms with Crippen molar-refractivity contribution >= 4 is 23.4 Å². The first-order valence-electron chi connectivity index (χ1n) is 6.76. The first kappa shape index (κ1) is 13.9. The van der Waals surface area contributed by atoms with E-state index in [4.69, 9.17) is 12.2 Å². The van der Waals surface area contributed by atoms with E-state index in [0.717, 1.165) is 22.3 Å². The van der Waals surface area contributed by atoms with Crippen LogP contribution >= 0.6 is 12.2 Å². The van der Waals surface area contributed by atoms with Crippen molar-refractivity contribution in [2.24, 2.45) is 0 Å². The van der Waals surface area contributed by atoms with Crippen molar-refractivity contribution in [2.45, 2.75) is 27.3 Å². The fraction of sp³-hybridized carbons (Fsp3) is 0.250. The summed E-state index contributed by atoms with van der Waals surface area (Å²) in [5.74, 6) is -0.143. The molecule has 0 spiro atoms. The van der Waals surface area contributed by atoms with Crippen LogP contribution in [0.15, 0.2) is 24.4 Å². The van der Waals surface area contributed by atoms with Gasteiger partial charge in [-0.2, -0.15) is 0 Å². The van der Waals surface area contributed by atoms with Gasteiger partial charge in [-0.05, 0) is 61.3 Å². The van der Waals surface area contributed by atoms with Gasteiger partial charge in [0.15, 0.2) is 10.4 Å². The molecule has 1 aromatic carbocycles. The Morgan fingerprint density at radius 3 is 2.52 bits per heavy atom. The lowest BCUT2D eigenvalue weighted by molar-refractivity contribution is 0.607. The number of fused-ring (bicyclic) bond motifs is 1. The van der Waals surface area contributed by atoms with Gasteiger partial charge in [0.05, 0.1) is 12.1 Å². The third kappa shape index (κ3) is 2.49. The Bertz CT molecular complexity index is 869. The normalized spacial score (nSPS) is 11.2. The molecule has 0 amide bonds. The maximum absolute atomic E-state index is 13.7. The van der Waals surface area contributed by atoms with Gasteiger partial charge in [0.1, 0.15) is 5.82 Å². The molecule has 0 aliphatic carbocycles. The van der Waals surface area contributed by atoms with E-state index in [-0.39, 0.29) is 5.82 Å². The Morgan fingerprint density at radius 2 is 1.86 bits per heavy atom. The molecule has 0 aliphatic rings. The number of pyridine rings is 1. The van der Waals surface area contributed by atoms with Gasteiger partial charge in [0, 0.05) is 6.20 Å². The summed E-state index contributed by atoms with van der Waals surface area (Å²) in [7, 11) is 0. The summed E-state index contributed by atoms with van der Waals surface area (Å²) in [5, 5.41) is 0. The lowest BCUT2D eigenvalue weighted by atomic mass is 10.1. The van der Waals surface area contributed by atoms with Gasteiger partial charge in [-0.1, -0.05) is 12.1 Å². The Labute approximate surface area is 127 Å². The molecular formula is C16H16FN3S. The summed E-state index contributed by atoms with van der Waals surface area (Å²) in [4.78, 5) is 7.62. The highest BCUT2D eigenvalue weighted by Gasteiger charge is 2.09. The SMILES string of the molecule is Cc1cnc2c(c1)[nH]c(=S)n2Cc1cc(C)c(F)c(C)c1. The fourth-order valence-electron chi connectivity index (χ4n) is 2.60. The summed E-state index contributed by atoms with van der Waals surface area (Å²) in [6, 6.07) is 5.74. The number of benzene rings is 1. The summed E-state index contributed by atoms with van der Waals surface area (Å²) >= 11 is 5.38. The number of H-pyrrole nitrogens is 1. The average molecular weight is 301 g/mol. The zero-order chi connectivity index (χ0) is 15.1. The number of halogens is 1. The second-order valence-corrected chi connectivity index (χ2v) is 5.83. The Hall–Kier alpha value is -2.01. The minimum Gasteiger partial charge on any atom is -0.329 e. The van der Waals surface area contributed by atoms with E-state index in [1.165, 1.54) is 0 Å². The maximum atomic E-state index is 13.7. The third-order valence-electron chi connectivity index (χ3n) is 3.58. The van der Waals surface area contributed by atoms with Crippen LogP contribution in [0.25, 0.3) is 11.2 Å². The van der Waals surface area contributed by atoms with Crippen molar-refractivity contribution in [3.8, 4) is 0 Å². The lowest BCUT2D eigenvalue weighted by Gasteiger charge is -2.08. The minimum absolute atomic E-state index is 0.143. The molecule has 3 aromatic rings. The standard InChI is InChI=1S/C16H16FN3S/c1-9-4-13-15(18-7-9)20(16(21)19-13)8-12-5-10(2)14(17)11(3)6-12/h4-7H,8H2,1-3H3,(H,19,21). The van der Waals surface area contributed by atoms with Crippen LogP contribution in [-0.4, -0.2) is 14.5 Å². The van der Waals surface area contributed by atoms with Crippen LogP contribution in [-0.2, 0) is 6.54 Å². The molecule has 3 nitrogen and oxygen atoms in total. The number of aromatic amines is 1. The quantitative estimate of drug-likeness (QED) is 0.719. The Morgan fingerprint density at radius 1 is 1.19 bits per heavy atom. The number of nitrogens with zero attached hydrogens (tertiary/aromatic N) is 2. The third-order valence-corrected chi connectivity index (χ3v) is 3.91. The van der Waals surface area contributed by atoms with Crippen molar-refractivity contribution in [2.75, 3.05) is 0 Å². The molecular weight excluding hydrogens is 285 g/mol. The van der Waals surface area contributed by atoms with E-state index in [1.807, 2.05) is 35.9 Å². The molecule has 5 heteroatoms. The predicted molar refractivity (Wildman–Crippen MR) is 84.6 cm³/mol. The highest BCUT2D eigenvalue weighted by Crippen LogP contribution is 2.18. The van der Waals surface area contributed by atoms with Gasteiger partial charge in [-0.15, -0.1) is 0 Å². The molecule has 21 heavy (non-hydrogen) atoms. The number of hydrogen-bond acceptors (Lipinski definition) is 2. The predicted octanol–water partition coefficient (Wildman–Crippen LogP) is 4.21. The van der Waals surface area contributed by atoms with Crippen LogP contribution in [0.3, 0.4) is 0 Å². The highest BCUT2D eigenvalue weighted by atomic mass is 32.1. The van der Waals surface area contributed by atoms with Crippen molar-refractivity contribution in [3.63, 3.8) is 0 Å². The van der Waals surface area contributed by atoms with Gasteiger partial charge in [0.2, 0.25) is 0 Å². The topological polar surface area (TPSA) is 33.6 Å². The molecule has 0 aliphatic heterocycles. The number of imidazole rings is 1. The van der Waals surface area contributed by atoms with E-state index in [1.54, 1.807) is 13.8 Å². The molecule has 0 fully saturated rings. The molecule has 2 heterocycles. The van der Waals surface area contributed by atoms with Crippen LogP contribution in [0.4, 0.5) is 4.39 Å². The largest absolute Gasteiger partial charge is 0.329 e. The van der Waals surface area contributed by atoms with E-state index in [0.29, 0.717) is 22.4 Å². The van der Waals surface area contributed by atoms with E-state index in [2.05, 4.69) is 9.97 Å². The van der Waals surface area contributed by atoms with Gasteiger partial charge in [0.25, 0.3) is 0 Å². The molecule has 0 saturated heterocycles. The van der Waals surface area contributed by atoms with Gasteiger partial charge in [-0.3, -0.25) is 4.57 Å². The second kappa shape index (κ2) is 5.07. The van der Waals surface area contributed by atoms with E-state index < -0.39 is 0 Å². The number of aromatic nitrogens is 3. The van der Waals surface area contributed by atoms with Crippen LogP contribution in [0.2, 0.25) is 0 Å². The molecule has 1 N–H and O–H groups in total. The fourth-order valence-corrected chi connectivity index (χ4v) is 2.87. The highest BCUT2D eigenvalue weighted by molar-refractivity contribution is 7.71. The molecule has 2 aromatic heterocycles. The molecule has 3 rings (SSSR count). The van der Waals surface area contributed by atoms with Crippen LogP contribution in [0.5, 0.6) is 0 Å². The lowest BCUT2D eigenvalue weighted by Crippen LogP contribution is -2.03. The summed E-state index contributed by atoms with van der Waals surface area (Å²) in [6.45, 7) is 6.13. The van der Waals surface area contributed by atoms with E-state index >= 15 is 0 Å². The maximum Gasteiger partial charge on any atom is 0.179 e. The first-order chi connectivity index (χ1) is 9.95. The van der Waals surface area contributed by atoms with Gasteiger partial charge < -0.3 is 4.98 Å². The number of aryl methyl sites for hydroxylation is 3. The Kier molecular flexibility index (Phi) is 3.37. The summed E-state index contributed by atoms with van der Waals surface area (Å²) in [6.07, 6.45) is 1.82. The van der Waals surface area contributed by atoms with Gasteiger partial charge >= 0.3 is 0 Å². The molecule has 0 bridgehead atoms. The van der Waals surface area contributed by atoms with Crippen molar-refractivity contribution in [1.29, 1.82) is 0 Å². The molecule has 108 valence electrons. The van der Waals surface area contributed by atoms with Gasteiger partial charge in [-0.25, -0.2) is 9.37 Å². The molecule has 0 saturated carbocycles.